The van der Waals surface area contributed by atoms with Crippen LogP contribution in [0.4, 0.5) is 70.9 Å². The first-order valence-electron chi connectivity index (χ1n) is 30.2. The Balaban J connectivity index is 1.18. The Morgan fingerprint density at radius 2 is 0.679 bits per heavy atom. The van der Waals surface area contributed by atoms with Crippen LogP contribution in [0.1, 0.15) is 200 Å². The highest BCUT2D eigenvalue weighted by Gasteiger charge is 2.24. The Morgan fingerprint density at radius 1 is 0.358 bits per heavy atom. The van der Waals surface area contributed by atoms with Gasteiger partial charge in [0, 0.05) is 26.1 Å². The Hall–Kier alpha value is -7.52. The van der Waals surface area contributed by atoms with E-state index in [4.69, 9.17) is 56.6 Å². The van der Waals surface area contributed by atoms with Gasteiger partial charge in [-0.3, -0.25) is 0 Å². The van der Waals surface area contributed by atoms with Gasteiger partial charge >= 0.3 is 0 Å². The molecule has 0 spiro atoms. The third kappa shape index (κ3) is 22.5. The van der Waals surface area contributed by atoms with Gasteiger partial charge in [0.2, 0.25) is 66.3 Å². The van der Waals surface area contributed by atoms with Crippen LogP contribution in [0.2, 0.25) is 0 Å². The molecule has 9 N–H and O–H groups in total. The average Bonchev–Trinajstić information content (AvgIpc) is 3.47. The van der Waals surface area contributed by atoms with Crippen molar-refractivity contribution in [2.75, 3.05) is 69.4 Å². The molecule has 0 aliphatic carbocycles. The van der Waals surface area contributed by atoms with E-state index in [2.05, 4.69) is 73.5 Å². The van der Waals surface area contributed by atoms with Crippen LogP contribution in [0, 0.1) is 6.92 Å². The van der Waals surface area contributed by atoms with E-state index < -0.39 is 0 Å². The first kappa shape index (κ1) is 62.7. The summed E-state index contributed by atoms with van der Waals surface area (Å²) in [6.45, 7) is 12.8. The predicted octanol–water partition coefficient (Wildman–Crippen LogP) is 13.4. The molecule has 0 saturated heterocycles. The minimum atomic E-state index is -0.0896. The van der Waals surface area contributed by atoms with E-state index in [9.17, 15) is 0 Å². The molecule has 440 valence electrons. The quantitative estimate of drug-likeness (QED) is 0.0153. The highest BCUT2D eigenvalue weighted by molar-refractivity contribution is 5.71. The molecule has 0 atom stereocenters. The first-order valence-corrected chi connectivity index (χ1v) is 30.2. The summed E-state index contributed by atoms with van der Waals surface area (Å²) >= 11 is 0. The van der Waals surface area contributed by atoms with Crippen molar-refractivity contribution in [2.45, 2.75) is 202 Å². The standard InChI is InChI=1S/C59H92N20O2/c1-6-10-14-18-22-23-27-31-49-66-44(5)67-56(68-49)78(57-72-50(60)69-53(75-57)63-40-28-24-19-15-11-7-2)45-32-36-47(37-33-45)80-43-81-48-38-34-46(35-39-48)79(58-73-51(61)70-54(76-58)64-41-29-25-20-16-12-8-3)59-74-52(62)71-55(77-59)65-42-30-26-21-17-13-9-4/h32-39H,6-31,40-43H2,1-5H3,(H3,60,63,69,72,75)(H3,61,64,70,73,76)(H3,62,65,71,74,77). The zero-order valence-corrected chi connectivity index (χ0v) is 49.1. The summed E-state index contributed by atoms with van der Waals surface area (Å²) in [6.07, 6.45) is 30.0. The zero-order chi connectivity index (χ0) is 57.3. The molecule has 0 amide bonds. The van der Waals surface area contributed by atoms with E-state index >= 15 is 0 Å². The number of nitrogen functional groups attached to an aromatic ring is 3. The van der Waals surface area contributed by atoms with E-state index in [0.717, 1.165) is 57.8 Å². The van der Waals surface area contributed by atoms with Gasteiger partial charge in [0.05, 0.1) is 11.4 Å². The summed E-state index contributed by atoms with van der Waals surface area (Å²) in [5, 5.41) is 10.0. The van der Waals surface area contributed by atoms with Crippen molar-refractivity contribution in [3.8, 4) is 11.5 Å². The van der Waals surface area contributed by atoms with Crippen molar-refractivity contribution in [2.24, 2.45) is 0 Å². The summed E-state index contributed by atoms with van der Waals surface area (Å²) in [7, 11) is 0. The molecular formula is C59H92N20O2. The van der Waals surface area contributed by atoms with Gasteiger partial charge in [-0.1, -0.05) is 163 Å². The lowest BCUT2D eigenvalue weighted by Gasteiger charge is -2.22. The maximum absolute atomic E-state index is 6.36. The van der Waals surface area contributed by atoms with Crippen LogP contribution in [-0.4, -0.2) is 86.2 Å². The molecule has 22 nitrogen and oxygen atoms in total. The number of aromatic nitrogens is 12. The van der Waals surface area contributed by atoms with Crippen molar-refractivity contribution in [1.82, 2.24) is 59.8 Å². The van der Waals surface area contributed by atoms with Gasteiger partial charge in [0.15, 0.2) is 0 Å². The summed E-state index contributed by atoms with van der Waals surface area (Å²) in [6, 6.07) is 14.8. The van der Waals surface area contributed by atoms with Crippen molar-refractivity contribution >= 4 is 70.9 Å². The van der Waals surface area contributed by atoms with Crippen LogP contribution in [-0.2, 0) is 6.42 Å². The van der Waals surface area contributed by atoms with Crippen molar-refractivity contribution in [3.63, 3.8) is 0 Å². The van der Waals surface area contributed by atoms with Gasteiger partial charge in [-0.15, -0.1) is 0 Å². The lowest BCUT2D eigenvalue weighted by atomic mass is 10.1. The minimum absolute atomic E-state index is 0.0386. The third-order valence-electron chi connectivity index (χ3n) is 13.6. The molecule has 0 unspecified atom stereocenters. The van der Waals surface area contributed by atoms with E-state index in [1.165, 1.54) is 109 Å². The monoisotopic (exact) mass is 1110 g/mol. The third-order valence-corrected chi connectivity index (χ3v) is 13.6. The zero-order valence-electron chi connectivity index (χ0n) is 49.1. The summed E-state index contributed by atoms with van der Waals surface area (Å²) in [5.41, 5.74) is 20.3. The fourth-order valence-electron chi connectivity index (χ4n) is 9.16. The number of anilines is 12. The second kappa shape index (κ2) is 36.0. The smallest absolute Gasteiger partial charge is 0.243 e. The highest BCUT2D eigenvalue weighted by Crippen LogP contribution is 2.34. The second-order valence-electron chi connectivity index (χ2n) is 20.6. The maximum Gasteiger partial charge on any atom is 0.243 e. The molecule has 4 aromatic heterocycles. The van der Waals surface area contributed by atoms with Gasteiger partial charge < -0.3 is 42.6 Å². The Kier molecular flexibility index (Phi) is 27.8. The van der Waals surface area contributed by atoms with Gasteiger partial charge in [-0.2, -0.15) is 54.8 Å². The SMILES string of the molecule is CCCCCCCCCc1nc(C)nc(N(c2ccc(OCOc3ccc(N(c4nc(N)nc(NCCCCCCCC)n4)c4nc(N)nc(NCCCCCCCC)n4)cc3)cc2)c2nc(N)nc(NCCCCCCCC)n2)n1. The summed E-state index contributed by atoms with van der Waals surface area (Å²) < 4.78 is 12.3. The predicted molar refractivity (Wildman–Crippen MR) is 327 cm³/mol. The van der Waals surface area contributed by atoms with Crippen LogP contribution in [0.5, 0.6) is 11.5 Å². The first-order chi connectivity index (χ1) is 39.7. The molecule has 0 saturated carbocycles. The topological polar surface area (TPSA) is 294 Å². The number of aryl methyl sites for hydroxylation is 2. The molecule has 22 heteroatoms. The summed E-state index contributed by atoms with van der Waals surface area (Å²) in [4.78, 5) is 59.3. The summed E-state index contributed by atoms with van der Waals surface area (Å²) in [5.74, 6) is 4.70. The van der Waals surface area contributed by atoms with Gasteiger partial charge in [0.25, 0.3) is 0 Å². The van der Waals surface area contributed by atoms with Crippen LogP contribution < -0.4 is 52.4 Å². The molecule has 6 rings (SSSR count). The fraction of sp³-hybridized carbons (Fsp3) is 0.593. The largest absolute Gasteiger partial charge is 0.458 e. The van der Waals surface area contributed by atoms with Crippen LogP contribution >= 0.6 is 0 Å². The number of nitrogens with two attached hydrogens (primary N) is 3. The number of benzene rings is 2. The minimum Gasteiger partial charge on any atom is -0.458 e. The number of hydrogen-bond acceptors (Lipinski definition) is 22. The van der Waals surface area contributed by atoms with Crippen molar-refractivity contribution in [1.29, 1.82) is 0 Å². The normalized spacial score (nSPS) is 11.2. The van der Waals surface area contributed by atoms with E-state index in [0.29, 0.717) is 78.0 Å². The van der Waals surface area contributed by atoms with Crippen molar-refractivity contribution < 1.29 is 9.47 Å². The lowest BCUT2D eigenvalue weighted by Crippen LogP contribution is -2.21. The highest BCUT2D eigenvalue weighted by atomic mass is 16.7. The number of hydrogen-bond donors (Lipinski definition) is 6. The second-order valence-corrected chi connectivity index (χ2v) is 20.6. The average molecular weight is 1110 g/mol. The molecule has 0 aliphatic heterocycles. The van der Waals surface area contributed by atoms with Crippen molar-refractivity contribution in [3.05, 3.63) is 60.2 Å². The van der Waals surface area contributed by atoms with E-state index in [1.807, 2.05) is 55.5 Å². The molecule has 0 fully saturated rings. The van der Waals surface area contributed by atoms with Crippen LogP contribution in [0.15, 0.2) is 48.5 Å². The molecule has 0 bridgehead atoms. The van der Waals surface area contributed by atoms with Crippen LogP contribution in [0.25, 0.3) is 0 Å². The number of nitrogens with one attached hydrogen (secondary N) is 3. The van der Waals surface area contributed by atoms with E-state index in [-0.39, 0.29) is 42.5 Å². The number of ether oxygens (including phenoxy) is 2. The Bertz CT molecular complexity index is 2380. The van der Waals surface area contributed by atoms with E-state index in [1.54, 1.807) is 9.80 Å². The number of nitrogens with zero attached hydrogens (tertiary/aromatic N) is 14. The number of unbranched alkanes of at least 4 members (excludes halogenated alkanes) is 21. The molecule has 6 aromatic rings. The molecule has 0 radical (unpaired) electrons. The molecule has 81 heavy (non-hydrogen) atoms. The lowest BCUT2D eigenvalue weighted by molar-refractivity contribution is 0.120. The van der Waals surface area contributed by atoms with Gasteiger partial charge in [-0.05, 0) is 81.1 Å². The Labute approximate surface area is 481 Å². The van der Waals surface area contributed by atoms with Crippen LogP contribution in [0.3, 0.4) is 0 Å². The van der Waals surface area contributed by atoms with Gasteiger partial charge in [-0.25, -0.2) is 14.8 Å². The fourth-order valence-corrected chi connectivity index (χ4v) is 9.16. The molecule has 2 aromatic carbocycles. The molecular weight excluding hydrogens is 1020 g/mol. The Morgan fingerprint density at radius 3 is 1.04 bits per heavy atom. The number of rotatable bonds is 42. The maximum atomic E-state index is 6.36. The van der Waals surface area contributed by atoms with Gasteiger partial charge in [0.1, 0.15) is 23.1 Å². The molecule has 4 heterocycles. The molecule has 0 aliphatic rings.